The Morgan fingerprint density at radius 3 is 2.83 bits per heavy atom. The van der Waals surface area contributed by atoms with Crippen LogP contribution in [0.4, 0.5) is 13.2 Å². The third-order valence-corrected chi connectivity index (χ3v) is 4.83. The van der Waals surface area contributed by atoms with E-state index in [1.807, 2.05) is 13.8 Å². The standard InChI is InChI=1S/C20H27F3N6O/c1-3-15(30-16-8-5-7-14(11-16)20(21,22)23)12-25-19(24-4-2)26-13-18-28-27-17-9-6-10-29(17)18/h5,7-8,11,15H,3-4,6,9-10,12-13H2,1-2H3,(H2,24,25,26). The van der Waals surface area contributed by atoms with Crippen molar-refractivity contribution in [2.24, 2.45) is 4.99 Å². The van der Waals surface area contributed by atoms with Crippen LogP contribution in [0.15, 0.2) is 29.3 Å². The van der Waals surface area contributed by atoms with Gasteiger partial charge in [-0.15, -0.1) is 10.2 Å². The smallest absolute Gasteiger partial charge is 0.416 e. The average Bonchev–Trinajstić information content (AvgIpc) is 3.33. The van der Waals surface area contributed by atoms with Crippen LogP contribution in [0.1, 0.15) is 43.9 Å². The Balaban J connectivity index is 1.59. The molecule has 0 spiro atoms. The van der Waals surface area contributed by atoms with Gasteiger partial charge in [-0.25, -0.2) is 4.99 Å². The molecular weight excluding hydrogens is 397 g/mol. The normalized spacial score (nSPS) is 15.0. The van der Waals surface area contributed by atoms with Gasteiger partial charge in [0.15, 0.2) is 11.8 Å². The Morgan fingerprint density at radius 2 is 2.10 bits per heavy atom. The van der Waals surface area contributed by atoms with Crippen molar-refractivity contribution in [3.63, 3.8) is 0 Å². The zero-order valence-corrected chi connectivity index (χ0v) is 17.2. The molecule has 1 aliphatic heterocycles. The molecule has 0 fully saturated rings. The molecule has 3 rings (SSSR count). The monoisotopic (exact) mass is 424 g/mol. The third kappa shape index (κ3) is 5.64. The predicted molar refractivity (Wildman–Crippen MR) is 107 cm³/mol. The highest BCUT2D eigenvalue weighted by atomic mass is 19.4. The van der Waals surface area contributed by atoms with E-state index in [0.29, 0.717) is 32.0 Å². The Labute approximate surface area is 173 Å². The fraction of sp³-hybridized carbons (Fsp3) is 0.550. The zero-order chi connectivity index (χ0) is 21.6. The summed E-state index contributed by atoms with van der Waals surface area (Å²) in [5.41, 5.74) is -0.724. The van der Waals surface area contributed by atoms with Gasteiger partial charge in [-0.05, 0) is 38.0 Å². The zero-order valence-electron chi connectivity index (χ0n) is 17.2. The molecule has 1 atom stereocenters. The Hall–Kier alpha value is -2.78. The molecule has 0 saturated heterocycles. The Morgan fingerprint density at radius 1 is 1.27 bits per heavy atom. The molecule has 164 valence electrons. The molecule has 1 aliphatic rings. The van der Waals surface area contributed by atoms with Crippen molar-refractivity contribution in [2.75, 3.05) is 13.1 Å². The minimum absolute atomic E-state index is 0.194. The minimum atomic E-state index is -4.40. The maximum Gasteiger partial charge on any atom is 0.416 e. The minimum Gasteiger partial charge on any atom is -0.489 e. The van der Waals surface area contributed by atoms with E-state index in [4.69, 9.17) is 4.74 Å². The lowest BCUT2D eigenvalue weighted by molar-refractivity contribution is -0.137. The predicted octanol–water partition coefficient (Wildman–Crippen LogP) is 3.16. The van der Waals surface area contributed by atoms with Crippen molar-refractivity contribution in [1.82, 2.24) is 25.4 Å². The molecule has 30 heavy (non-hydrogen) atoms. The molecule has 1 aromatic heterocycles. The summed E-state index contributed by atoms with van der Waals surface area (Å²) in [5, 5.41) is 14.7. The number of aryl methyl sites for hydroxylation is 1. The van der Waals surface area contributed by atoms with Crippen molar-refractivity contribution in [3.8, 4) is 5.75 Å². The number of aromatic nitrogens is 3. The molecule has 1 unspecified atom stereocenters. The summed E-state index contributed by atoms with van der Waals surface area (Å²) < 4.78 is 46.6. The summed E-state index contributed by atoms with van der Waals surface area (Å²) in [6, 6.07) is 4.93. The van der Waals surface area contributed by atoms with Crippen LogP contribution in [-0.4, -0.2) is 39.9 Å². The van der Waals surface area contributed by atoms with Crippen LogP contribution < -0.4 is 15.4 Å². The first-order valence-corrected chi connectivity index (χ1v) is 10.2. The summed E-state index contributed by atoms with van der Waals surface area (Å²) in [6.07, 6.45) is -2.06. The first-order valence-electron chi connectivity index (χ1n) is 10.2. The van der Waals surface area contributed by atoms with E-state index < -0.39 is 11.7 Å². The summed E-state index contributed by atoms with van der Waals surface area (Å²) in [4.78, 5) is 4.56. The van der Waals surface area contributed by atoms with Gasteiger partial charge >= 0.3 is 6.18 Å². The Bertz CT molecular complexity index is 864. The van der Waals surface area contributed by atoms with Crippen LogP contribution in [0.3, 0.4) is 0 Å². The van der Waals surface area contributed by atoms with E-state index in [1.54, 1.807) is 0 Å². The number of halogens is 3. The van der Waals surface area contributed by atoms with Gasteiger partial charge in [-0.1, -0.05) is 13.0 Å². The van der Waals surface area contributed by atoms with Crippen molar-refractivity contribution in [3.05, 3.63) is 41.5 Å². The lowest BCUT2D eigenvalue weighted by Gasteiger charge is -2.20. The molecule has 7 nitrogen and oxygen atoms in total. The van der Waals surface area contributed by atoms with E-state index in [2.05, 4.69) is 30.4 Å². The molecular formula is C20H27F3N6O. The van der Waals surface area contributed by atoms with Crippen LogP contribution in [0.2, 0.25) is 0 Å². The second kappa shape index (κ2) is 9.82. The lowest BCUT2D eigenvalue weighted by atomic mass is 10.2. The summed E-state index contributed by atoms with van der Waals surface area (Å²) >= 11 is 0. The highest BCUT2D eigenvalue weighted by Crippen LogP contribution is 2.31. The first-order chi connectivity index (χ1) is 14.4. The lowest BCUT2D eigenvalue weighted by Crippen LogP contribution is -2.42. The van der Waals surface area contributed by atoms with E-state index in [9.17, 15) is 13.2 Å². The number of fused-ring (bicyclic) bond motifs is 1. The molecule has 0 radical (unpaired) electrons. The fourth-order valence-electron chi connectivity index (χ4n) is 3.24. The Kier molecular flexibility index (Phi) is 7.17. The number of nitrogens with one attached hydrogen (secondary N) is 2. The molecule has 2 N–H and O–H groups in total. The molecule has 2 heterocycles. The number of hydrogen-bond donors (Lipinski definition) is 2. The first kappa shape index (κ1) is 21.9. The number of nitrogens with zero attached hydrogens (tertiary/aromatic N) is 4. The van der Waals surface area contributed by atoms with Crippen molar-refractivity contribution in [2.45, 2.75) is 58.5 Å². The molecule has 2 aromatic rings. The molecule has 10 heteroatoms. The maximum atomic E-state index is 12.9. The number of rotatable bonds is 8. The second-order valence-electron chi connectivity index (χ2n) is 7.04. The van der Waals surface area contributed by atoms with Gasteiger partial charge in [0.05, 0.1) is 12.1 Å². The third-order valence-electron chi connectivity index (χ3n) is 4.83. The highest BCUT2D eigenvalue weighted by molar-refractivity contribution is 5.79. The van der Waals surface area contributed by atoms with Gasteiger partial charge in [0.25, 0.3) is 0 Å². The molecule has 0 bridgehead atoms. The number of guanidine groups is 1. The average molecular weight is 424 g/mol. The van der Waals surface area contributed by atoms with E-state index in [0.717, 1.165) is 43.2 Å². The van der Waals surface area contributed by atoms with Crippen LogP contribution in [0, 0.1) is 0 Å². The fourth-order valence-corrected chi connectivity index (χ4v) is 3.24. The summed E-state index contributed by atoms with van der Waals surface area (Å²) in [5.74, 6) is 2.61. The van der Waals surface area contributed by atoms with Crippen LogP contribution >= 0.6 is 0 Å². The molecule has 1 aromatic carbocycles. The topological polar surface area (TPSA) is 76.4 Å². The second-order valence-corrected chi connectivity index (χ2v) is 7.04. The number of hydrogen-bond acceptors (Lipinski definition) is 4. The largest absolute Gasteiger partial charge is 0.489 e. The summed E-state index contributed by atoms with van der Waals surface area (Å²) in [7, 11) is 0. The van der Waals surface area contributed by atoms with Gasteiger partial charge in [0.2, 0.25) is 0 Å². The van der Waals surface area contributed by atoms with Gasteiger partial charge in [0, 0.05) is 19.5 Å². The van der Waals surface area contributed by atoms with E-state index >= 15 is 0 Å². The van der Waals surface area contributed by atoms with E-state index in [-0.39, 0.29) is 11.9 Å². The number of aliphatic imine (C=N–C) groups is 1. The number of benzene rings is 1. The van der Waals surface area contributed by atoms with Gasteiger partial charge in [-0.3, -0.25) is 0 Å². The van der Waals surface area contributed by atoms with Crippen molar-refractivity contribution in [1.29, 1.82) is 0 Å². The van der Waals surface area contributed by atoms with Crippen LogP contribution in [-0.2, 0) is 25.7 Å². The van der Waals surface area contributed by atoms with Gasteiger partial charge < -0.3 is 19.9 Å². The van der Waals surface area contributed by atoms with Crippen LogP contribution in [0.5, 0.6) is 5.75 Å². The number of ether oxygens (including phenoxy) is 1. The quantitative estimate of drug-likeness (QED) is 0.503. The molecule has 0 amide bonds. The molecule has 0 saturated carbocycles. The van der Waals surface area contributed by atoms with Gasteiger partial charge in [-0.2, -0.15) is 13.2 Å². The van der Waals surface area contributed by atoms with Crippen LogP contribution in [0.25, 0.3) is 0 Å². The summed E-state index contributed by atoms with van der Waals surface area (Å²) in [6.45, 7) is 6.27. The maximum absolute atomic E-state index is 12.9. The van der Waals surface area contributed by atoms with Crippen molar-refractivity contribution >= 4 is 5.96 Å². The number of alkyl halides is 3. The molecule has 0 aliphatic carbocycles. The SMILES string of the molecule is CCNC(=NCc1nnc2n1CCC2)NCC(CC)Oc1cccc(C(F)(F)F)c1. The van der Waals surface area contributed by atoms with Gasteiger partial charge in [0.1, 0.15) is 24.2 Å². The highest BCUT2D eigenvalue weighted by Gasteiger charge is 2.30. The van der Waals surface area contributed by atoms with E-state index in [1.165, 1.54) is 12.1 Å². The van der Waals surface area contributed by atoms with Crippen molar-refractivity contribution < 1.29 is 17.9 Å².